The molecule has 0 spiro atoms. The van der Waals surface area contributed by atoms with Crippen molar-refractivity contribution in [1.82, 2.24) is 4.90 Å². The van der Waals surface area contributed by atoms with Crippen molar-refractivity contribution in [2.45, 2.75) is 44.8 Å². The quantitative estimate of drug-likeness (QED) is 0.841. The van der Waals surface area contributed by atoms with Crippen LogP contribution in [0.4, 0.5) is 0 Å². The molecule has 1 aromatic carbocycles. The van der Waals surface area contributed by atoms with Crippen LogP contribution in [0.5, 0.6) is 0 Å². The highest BCUT2D eigenvalue weighted by Gasteiger charge is 2.34. The van der Waals surface area contributed by atoms with E-state index in [2.05, 4.69) is 0 Å². The highest BCUT2D eigenvalue weighted by Crippen LogP contribution is 2.24. The fraction of sp³-hybridized carbons (Fsp3) is 0.467. The number of nitrogens with zero attached hydrogens (tertiary/aromatic N) is 1. The number of hydrogen-bond acceptors (Lipinski definition) is 3. The van der Waals surface area contributed by atoms with Crippen molar-refractivity contribution in [2.24, 2.45) is 11.5 Å². The number of nitrogens with two attached hydrogens (primary N) is 2. The zero-order chi connectivity index (χ0) is 14.7. The van der Waals surface area contributed by atoms with Crippen molar-refractivity contribution in [2.75, 3.05) is 0 Å². The highest BCUT2D eigenvalue weighted by atomic mass is 16.2. The topological polar surface area (TPSA) is 89.4 Å². The van der Waals surface area contributed by atoms with Crippen molar-refractivity contribution in [1.29, 1.82) is 0 Å². The van der Waals surface area contributed by atoms with Crippen LogP contribution in [0, 0.1) is 0 Å². The molecule has 4 N–H and O–H groups in total. The van der Waals surface area contributed by atoms with Crippen molar-refractivity contribution in [3.05, 3.63) is 35.4 Å². The van der Waals surface area contributed by atoms with Crippen LogP contribution >= 0.6 is 0 Å². The van der Waals surface area contributed by atoms with Crippen LogP contribution in [0.2, 0.25) is 0 Å². The van der Waals surface area contributed by atoms with Crippen LogP contribution in [0.15, 0.2) is 24.3 Å². The molecule has 0 aliphatic carbocycles. The molecule has 5 nitrogen and oxygen atoms in total. The maximum Gasteiger partial charge on any atom is 0.240 e. The van der Waals surface area contributed by atoms with Crippen molar-refractivity contribution < 1.29 is 9.59 Å². The molecule has 1 aromatic rings. The molecular formula is C15H21N3O2. The molecule has 20 heavy (non-hydrogen) atoms. The van der Waals surface area contributed by atoms with Gasteiger partial charge < -0.3 is 16.4 Å². The molecule has 2 atom stereocenters. The summed E-state index contributed by atoms with van der Waals surface area (Å²) in [4.78, 5) is 25.6. The lowest BCUT2D eigenvalue weighted by Gasteiger charge is -2.36. The van der Waals surface area contributed by atoms with Gasteiger partial charge in [0.05, 0.1) is 6.04 Å². The molecule has 0 saturated carbocycles. The predicted octanol–water partition coefficient (Wildman–Crippen LogP) is 0.553. The molecule has 0 fully saturated rings. The molecule has 0 aromatic heterocycles. The van der Waals surface area contributed by atoms with E-state index in [1.807, 2.05) is 31.2 Å². The summed E-state index contributed by atoms with van der Waals surface area (Å²) in [7, 11) is 0. The third kappa shape index (κ3) is 2.82. The molecule has 108 valence electrons. The molecule has 0 saturated heterocycles. The fourth-order valence-corrected chi connectivity index (χ4v) is 2.66. The summed E-state index contributed by atoms with van der Waals surface area (Å²) < 4.78 is 0. The van der Waals surface area contributed by atoms with Crippen LogP contribution in [0.3, 0.4) is 0 Å². The zero-order valence-electron chi connectivity index (χ0n) is 11.7. The van der Waals surface area contributed by atoms with Gasteiger partial charge in [-0.3, -0.25) is 9.59 Å². The number of hydrogen-bond donors (Lipinski definition) is 2. The first-order valence-corrected chi connectivity index (χ1v) is 6.96. The number of benzene rings is 1. The van der Waals surface area contributed by atoms with Crippen molar-refractivity contribution >= 4 is 11.8 Å². The summed E-state index contributed by atoms with van der Waals surface area (Å²) in [6, 6.07) is 6.64. The molecule has 1 heterocycles. The third-order valence-corrected chi connectivity index (χ3v) is 3.78. The first-order valence-electron chi connectivity index (χ1n) is 6.96. The molecule has 0 radical (unpaired) electrons. The van der Waals surface area contributed by atoms with Gasteiger partial charge in [-0.05, 0) is 17.5 Å². The summed E-state index contributed by atoms with van der Waals surface area (Å²) >= 11 is 0. The van der Waals surface area contributed by atoms with E-state index in [4.69, 9.17) is 11.5 Å². The number of rotatable bonds is 4. The maximum atomic E-state index is 12.4. The monoisotopic (exact) mass is 275 g/mol. The van der Waals surface area contributed by atoms with Gasteiger partial charge in [0.2, 0.25) is 11.8 Å². The number of carbonyl (C=O) groups excluding carboxylic acids is 2. The van der Waals surface area contributed by atoms with Gasteiger partial charge in [-0.15, -0.1) is 0 Å². The lowest BCUT2D eigenvalue weighted by Crippen LogP contribution is -2.55. The lowest BCUT2D eigenvalue weighted by molar-refractivity contribution is -0.141. The Morgan fingerprint density at radius 1 is 1.35 bits per heavy atom. The van der Waals surface area contributed by atoms with Crippen LogP contribution in [0.1, 0.15) is 30.9 Å². The second kappa shape index (κ2) is 6.05. The Balaban J connectivity index is 2.26. The average molecular weight is 275 g/mol. The number of carbonyl (C=O) groups is 2. The summed E-state index contributed by atoms with van der Waals surface area (Å²) in [5.74, 6) is -0.665. The SMILES string of the molecule is CCC[C@H](N)C(=O)N1Cc2ccccc2C[C@H]1C(N)=O. The van der Waals surface area contributed by atoms with Crippen molar-refractivity contribution in [3.8, 4) is 0 Å². The smallest absolute Gasteiger partial charge is 0.240 e. The van der Waals surface area contributed by atoms with Crippen LogP contribution in [0.25, 0.3) is 0 Å². The molecule has 2 amide bonds. The lowest BCUT2D eigenvalue weighted by atomic mass is 9.92. The van der Waals surface area contributed by atoms with Gasteiger partial charge in [0.1, 0.15) is 6.04 Å². The summed E-state index contributed by atoms with van der Waals surface area (Å²) in [5, 5.41) is 0. The molecule has 0 unspecified atom stereocenters. The minimum Gasteiger partial charge on any atom is -0.368 e. The van der Waals surface area contributed by atoms with Gasteiger partial charge >= 0.3 is 0 Å². The maximum absolute atomic E-state index is 12.4. The van der Waals surface area contributed by atoms with E-state index >= 15 is 0 Å². The largest absolute Gasteiger partial charge is 0.368 e. The van der Waals surface area contributed by atoms with E-state index in [0.29, 0.717) is 19.4 Å². The second-order valence-electron chi connectivity index (χ2n) is 5.25. The van der Waals surface area contributed by atoms with E-state index in [1.54, 1.807) is 0 Å². The van der Waals surface area contributed by atoms with Crippen molar-refractivity contribution in [3.63, 3.8) is 0 Å². The zero-order valence-corrected chi connectivity index (χ0v) is 11.7. The van der Waals surface area contributed by atoms with Crippen LogP contribution in [-0.4, -0.2) is 28.8 Å². The first-order chi connectivity index (χ1) is 9.54. The molecule has 5 heteroatoms. The predicted molar refractivity (Wildman–Crippen MR) is 76.6 cm³/mol. The molecule has 0 bridgehead atoms. The Bertz CT molecular complexity index is 516. The Labute approximate surface area is 118 Å². The fourth-order valence-electron chi connectivity index (χ4n) is 2.66. The molecule has 1 aliphatic rings. The van der Waals surface area contributed by atoms with E-state index in [0.717, 1.165) is 17.5 Å². The van der Waals surface area contributed by atoms with Gasteiger partial charge in [-0.2, -0.15) is 0 Å². The average Bonchev–Trinajstić information content (AvgIpc) is 2.45. The Morgan fingerprint density at radius 2 is 2.00 bits per heavy atom. The third-order valence-electron chi connectivity index (χ3n) is 3.78. The van der Waals surface area contributed by atoms with Gasteiger partial charge in [-0.1, -0.05) is 37.6 Å². The minimum atomic E-state index is -0.597. The molecular weight excluding hydrogens is 254 g/mol. The Hall–Kier alpha value is -1.88. The summed E-state index contributed by atoms with van der Waals surface area (Å²) in [6.45, 7) is 2.38. The molecule has 1 aliphatic heterocycles. The number of primary amides is 1. The Kier molecular flexibility index (Phi) is 4.39. The van der Waals surface area contributed by atoms with E-state index in [1.165, 1.54) is 4.90 Å². The summed E-state index contributed by atoms with van der Waals surface area (Å²) in [5.41, 5.74) is 13.5. The normalized spacial score (nSPS) is 19.3. The van der Waals surface area contributed by atoms with Gasteiger partial charge in [0.25, 0.3) is 0 Å². The van der Waals surface area contributed by atoms with E-state index < -0.39 is 18.0 Å². The van der Waals surface area contributed by atoms with Gasteiger partial charge in [-0.25, -0.2) is 0 Å². The summed E-state index contributed by atoms with van der Waals surface area (Å²) in [6.07, 6.45) is 1.91. The minimum absolute atomic E-state index is 0.190. The molecule has 2 rings (SSSR count). The number of fused-ring (bicyclic) bond motifs is 1. The second-order valence-corrected chi connectivity index (χ2v) is 5.25. The highest BCUT2D eigenvalue weighted by molar-refractivity contribution is 5.89. The first kappa shape index (κ1) is 14.5. The van der Waals surface area contributed by atoms with Crippen LogP contribution < -0.4 is 11.5 Å². The number of amides is 2. The van der Waals surface area contributed by atoms with Gasteiger partial charge in [0, 0.05) is 13.0 Å². The van der Waals surface area contributed by atoms with E-state index in [9.17, 15) is 9.59 Å². The van der Waals surface area contributed by atoms with E-state index in [-0.39, 0.29) is 5.91 Å². The van der Waals surface area contributed by atoms with Crippen LogP contribution in [-0.2, 0) is 22.6 Å². The van der Waals surface area contributed by atoms with Gasteiger partial charge in [0.15, 0.2) is 0 Å². The Morgan fingerprint density at radius 3 is 2.60 bits per heavy atom. The standard InChI is InChI=1S/C15H21N3O2/c1-2-5-12(16)15(20)18-9-11-7-4-3-6-10(11)8-13(18)14(17)19/h3-4,6-7,12-13H,2,5,8-9,16H2,1H3,(H2,17,19)/t12-,13-/m0/s1.